The fourth-order valence-electron chi connectivity index (χ4n) is 2.34. The second-order valence-corrected chi connectivity index (χ2v) is 5.11. The van der Waals surface area contributed by atoms with E-state index in [0.29, 0.717) is 18.2 Å². The first-order valence-electron chi connectivity index (χ1n) is 6.81. The molecule has 0 bridgehead atoms. The average Bonchev–Trinajstić information content (AvgIpc) is 2.99. The van der Waals surface area contributed by atoms with E-state index < -0.39 is 0 Å². The summed E-state index contributed by atoms with van der Waals surface area (Å²) in [5, 5.41) is 8.11. The summed E-state index contributed by atoms with van der Waals surface area (Å²) >= 11 is 0. The average molecular weight is 267 g/mol. The molecule has 0 aliphatic carbocycles. The predicted octanol–water partition coefficient (Wildman–Crippen LogP) is 1.61. The molecule has 0 amide bonds. The van der Waals surface area contributed by atoms with Crippen molar-refractivity contribution in [2.75, 3.05) is 19.8 Å². The molecule has 1 aliphatic heterocycles. The van der Waals surface area contributed by atoms with E-state index in [4.69, 9.17) is 9.47 Å². The van der Waals surface area contributed by atoms with E-state index in [2.05, 4.69) is 10.3 Å². The van der Waals surface area contributed by atoms with Crippen molar-refractivity contribution in [1.82, 2.24) is 15.0 Å². The number of rotatable bonds is 5. The zero-order valence-corrected chi connectivity index (χ0v) is 11.8. The Morgan fingerprint density at radius 1 is 1.58 bits per heavy atom. The van der Waals surface area contributed by atoms with Gasteiger partial charge in [0.15, 0.2) is 5.69 Å². The Morgan fingerprint density at radius 2 is 2.37 bits per heavy atom. The van der Waals surface area contributed by atoms with Crippen LogP contribution in [-0.4, -0.2) is 40.8 Å². The van der Waals surface area contributed by atoms with Crippen molar-refractivity contribution in [3.8, 4) is 0 Å². The highest BCUT2D eigenvalue weighted by Crippen LogP contribution is 2.22. The van der Waals surface area contributed by atoms with Gasteiger partial charge in [-0.25, -0.2) is 9.48 Å². The maximum atomic E-state index is 11.9. The molecule has 1 unspecified atom stereocenters. The lowest BCUT2D eigenvalue weighted by Crippen LogP contribution is -2.17. The van der Waals surface area contributed by atoms with Crippen molar-refractivity contribution in [1.29, 1.82) is 0 Å². The fraction of sp³-hybridized carbons (Fsp3) is 0.769. The van der Waals surface area contributed by atoms with Gasteiger partial charge in [-0.3, -0.25) is 0 Å². The van der Waals surface area contributed by atoms with Crippen LogP contribution in [0, 0.1) is 5.92 Å². The summed E-state index contributed by atoms with van der Waals surface area (Å²) in [6.45, 7) is 8.51. The second-order valence-electron chi connectivity index (χ2n) is 5.11. The Labute approximate surface area is 113 Å². The molecule has 2 rings (SSSR count). The third-order valence-corrected chi connectivity index (χ3v) is 3.24. The van der Waals surface area contributed by atoms with Crippen molar-refractivity contribution in [2.24, 2.45) is 5.92 Å². The highest BCUT2D eigenvalue weighted by Gasteiger charge is 2.25. The van der Waals surface area contributed by atoms with Gasteiger partial charge in [-0.05, 0) is 19.3 Å². The van der Waals surface area contributed by atoms with Crippen molar-refractivity contribution in [3.05, 3.63) is 11.4 Å². The van der Waals surface area contributed by atoms with Crippen LogP contribution in [0.15, 0.2) is 0 Å². The first kappa shape index (κ1) is 14.0. The molecular weight excluding hydrogens is 246 g/mol. The number of hydrogen-bond donors (Lipinski definition) is 0. The van der Waals surface area contributed by atoms with E-state index in [1.807, 2.05) is 18.5 Å². The van der Waals surface area contributed by atoms with Gasteiger partial charge >= 0.3 is 5.97 Å². The first-order valence-corrected chi connectivity index (χ1v) is 6.81. The summed E-state index contributed by atoms with van der Waals surface area (Å²) in [7, 11) is 0. The van der Waals surface area contributed by atoms with Crippen molar-refractivity contribution in [3.63, 3.8) is 0 Å². The lowest BCUT2D eigenvalue weighted by molar-refractivity contribution is 0.0517. The molecule has 6 nitrogen and oxygen atoms in total. The molecule has 106 valence electrons. The number of hydrogen-bond acceptors (Lipinski definition) is 5. The highest BCUT2D eigenvalue weighted by molar-refractivity contribution is 5.88. The molecule has 6 heteroatoms. The summed E-state index contributed by atoms with van der Waals surface area (Å²) in [5.74, 6) is 0.242. The largest absolute Gasteiger partial charge is 0.461 e. The quantitative estimate of drug-likeness (QED) is 0.758. The highest BCUT2D eigenvalue weighted by atomic mass is 16.5. The van der Waals surface area contributed by atoms with E-state index in [1.165, 1.54) is 0 Å². The van der Waals surface area contributed by atoms with Crippen LogP contribution in [0.2, 0.25) is 0 Å². The molecule has 0 aromatic carbocycles. The fourth-order valence-corrected chi connectivity index (χ4v) is 2.34. The van der Waals surface area contributed by atoms with Gasteiger partial charge in [-0.15, -0.1) is 5.10 Å². The molecule has 1 saturated heterocycles. The normalized spacial score (nSPS) is 19.1. The monoisotopic (exact) mass is 267 g/mol. The minimum absolute atomic E-state index is 0.178. The molecule has 0 N–H and O–H groups in total. The molecule has 1 aromatic rings. The van der Waals surface area contributed by atoms with Gasteiger partial charge in [-0.1, -0.05) is 19.1 Å². The molecule has 19 heavy (non-hydrogen) atoms. The van der Waals surface area contributed by atoms with Crippen LogP contribution in [0.1, 0.15) is 49.3 Å². The van der Waals surface area contributed by atoms with Gasteiger partial charge in [0.1, 0.15) is 0 Å². The van der Waals surface area contributed by atoms with Gasteiger partial charge in [-0.2, -0.15) is 0 Å². The summed E-state index contributed by atoms with van der Waals surface area (Å²) in [6, 6.07) is 0. The molecule has 1 atom stereocenters. The lowest BCUT2D eigenvalue weighted by atomic mass is 10.1. The van der Waals surface area contributed by atoms with Crippen LogP contribution in [-0.2, 0) is 16.0 Å². The summed E-state index contributed by atoms with van der Waals surface area (Å²) in [4.78, 5) is 11.9. The van der Waals surface area contributed by atoms with E-state index in [-0.39, 0.29) is 11.9 Å². The number of aromatic nitrogens is 3. The second kappa shape index (κ2) is 6.14. The van der Waals surface area contributed by atoms with Crippen LogP contribution in [0.5, 0.6) is 0 Å². The standard InChI is InChI=1S/C13H21N3O3/c1-4-19-13(17)11-12(9(2)3)16(15-14-11)7-10-5-6-18-8-10/h9-10H,4-8H2,1-3H3. The Bertz CT molecular complexity index is 436. The minimum Gasteiger partial charge on any atom is -0.461 e. The third kappa shape index (κ3) is 3.12. The Kier molecular flexibility index (Phi) is 4.52. The zero-order chi connectivity index (χ0) is 13.8. The van der Waals surface area contributed by atoms with Gasteiger partial charge in [0, 0.05) is 19.1 Å². The van der Waals surface area contributed by atoms with Gasteiger partial charge in [0.25, 0.3) is 0 Å². The summed E-state index contributed by atoms with van der Waals surface area (Å²) in [6.07, 6.45) is 1.03. The van der Waals surface area contributed by atoms with Crippen molar-refractivity contribution < 1.29 is 14.3 Å². The van der Waals surface area contributed by atoms with Gasteiger partial charge in [0.05, 0.1) is 18.9 Å². The first-order chi connectivity index (χ1) is 9.13. The molecular formula is C13H21N3O3. The molecule has 1 aromatic heterocycles. The molecule has 0 radical (unpaired) electrons. The van der Waals surface area contributed by atoms with Crippen LogP contribution >= 0.6 is 0 Å². The zero-order valence-electron chi connectivity index (χ0n) is 11.8. The molecule has 0 saturated carbocycles. The Morgan fingerprint density at radius 3 is 2.95 bits per heavy atom. The molecule has 1 aliphatic rings. The number of carbonyl (C=O) groups is 1. The number of esters is 1. The van der Waals surface area contributed by atoms with Crippen LogP contribution in [0.25, 0.3) is 0 Å². The summed E-state index contributed by atoms with van der Waals surface area (Å²) < 4.78 is 12.2. The van der Waals surface area contributed by atoms with Gasteiger partial charge < -0.3 is 9.47 Å². The van der Waals surface area contributed by atoms with Gasteiger partial charge in [0.2, 0.25) is 0 Å². The van der Waals surface area contributed by atoms with Crippen LogP contribution in [0.3, 0.4) is 0 Å². The van der Waals surface area contributed by atoms with Crippen molar-refractivity contribution in [2.45, 2.75) is 39.7 Å². The smallest absolute Gasteiger partial charge is 0.360 e. The Balaban J connectivity index is 2.20. The van der Waals surface area contributed by atoms with Crippen LogP contribution in [0.4, 0.5) is 0 Å². The third-order valence-electron chi connectivity index (χ3n) is 3.24. The summed E-state index contributed by atoms with van der Waals surface area (Å²) in [5.41, 5.74) is 1.20. The van der Waals surface area contributed by atoms with Crippen molar-refractivity contribution >= 4 is 5.97 Å². The lowest BCUT2D eigenvalue weighted by Gasteiger charge is -2.13. The van der Waals surface area contributed by atoms with E-state index >= 15 is 0 Å². The van der Waals surface area contributed by atoms with Crippen LogP contribution < -0.4 is 0 Å². The minimum atomic E-state index is -0.389. The maximum Gasteiger partial charge on any atom is 0.360 e. The van der Waals surface area contributed by atoms with E-state index in [0.717, 1.165) is 31.9 Å². The number of ether oxygens (including phenoxy) is 2. The topological polar surface area (TPSA) is 66.2 Å². The molecule has 1 fully saturated rings. The van der Waals surface area contributed by atoms with E-state index in [1.54, 1.807) is 6.92 Å². The molecule has 0 spiro atoms. The van der Waals surface area contributed by atoms with E-state index in [9.17, 15) is 4.79 Å². The Hall–Kier alpha value is -1.43. The molecule has 2 heterocycles. The predicted molar refractivity (Wildman–Crippen MR) is 69.0 cm³/mol. The number of carbonyl (C=O) groups excluding carboxylic acids is 1. The SMILES string of the molecule is CCOC(=O)c1nnn(CC2CCOC2)c1C(C)C. The maximum absolute atomic E-state index is 11.9. The number of nitrogens with zero attached hydrogens (tertiary/aromatic N) is 3.